The highest BCUT2D eigenvalue weighted by molar-refractivity contribution is 4.95. The van der Waals surface area contributed by atoms with Crippen molar-refractivity contribution in [1.29, 1.82) is 0 Å². The SMILES string of the molecule is CCNC(C)(CO)CN1CCC2CCCCC21. The molecule has 0 amide bonds. The average Bonchev–Trinajstić information content (AvgIpc) is 2.73. The van der Waals surface area contributed by atoms with Crippen molar-refractivity contribution < 1.29 is 5.11 Å². The topological polar surface area (TPSA) is 35.5 Å². The molecule has 2 fully saturated rings. The number of likely N-dealkylation sites (tertiary alicyclic amines) is 1. The van der Waals surface area contributed by atoms with Gasteiger partial charge in [0.15, 0.2) is 0 Å². The minimum absolute atomic E-state index is 0.124. The molecular formula is C14H28N2O. The lowest BCUT2D eigenvalue weighted by molar-refractivity contribution is 0.0974. The van der Waals surface area contributed by atoms with E-state index in [9.17, 15) is 5.11 Å². The Kier molecular flexibility index (Phi) is 4.45. The zero-order valence-corrected chi connectivity index (χ0v) is 11.4. The van der Waals surface area contributed by atoms with Gasteiger partial charge in [-0.1, -0.05) is 19.8 Å². The van der Waals surface area contributed by atoms with E-state index < -0.39 is 0 Å². The first-order valence-electron chi connectivity index (χ1n) is 7.28. The standard InChI is InChI=1S/C14H28N2O/c1-3-15-14(2,11-17)10-16-9-8-12-6-4-5-7-13(12)16/h12-13,15,17H,3-11H2,1-2H3. The third kappa shape index (κ3) is 3.01. The van der Waals surface area contributed by atoms with Gasteiger partial charge in [-0.3, -0.25) is 4.90 Å². The van der Waals surface area contributed by atoms with Gasteiger partial charge in [0.1, 0.15) is 0 Å². The summed E-state index contributed by atoms with van der Waals surface area (Å²) in [4.78, 5) is 2.63. The molecule has 0 radical (unpaired) electrons. The number of nitrogens with one attached hydrogen (secondary N) is 1. The van der Waals surface area contributed by atoms with Crippen LogP contribution >= 0.6 is 0 Å². The lowest BCUT2D eigenvalue weighted by Crippen LogP contribution is -2.55. The van der Waals surface area contributed by atoms with Crippen LogP contribution in [0.15, 0.2) is 0 Å². The first kappa shape index (κ1) is 13.3. The fourth-order valence-electron chi connectivity index (χ4n) is 3.74. The zero-order valence-electron chi connectivity index (χ0n) is 11.4. The van der Waals surface area contributed by atoms with Gasteiger partial charge < -0.3 is 10.4 Å². The summed E-state index contributed by atoms with van der Waals surface area (Å²) >= 11 is 0. The molecule has 3 heteroatoms. The van der Waals surface area contributed by atoms with Crippen LogP contribution in [0.1, 0.15) is 46.0 Å². The Morgan fingerprint density at radius 2 is 2.06 bits per heavy atom. The Labute approximate surface area is 106 Å². The van der Waals surface area contributed by atoms with Gasteiger partial charge in [0.05, 0.1) is 12.1 Å². The van der Waals surface area contributed by atoms with Gasteiger partial charge >= 0.3 is 0 Å². The van der Waals surface area contributed by atoms with Crippen LogP contribution in [0.4, 0.5) is 0 Å². The lowest BCUT2D eigenvalue weighted by atomic mass is 9.85. The summed E-state index contributed by atoms with van der Waals surface area (Å²) in [5, 5.41) is 13.0. The Morgan fingerprint density at radius 1 is 1.29 bits per heavy atom. The van der Waals surface area contributed by atoms with E-state index in [1.807, 2.05) is 0 Å². The van der Waals surface area contributed by atoms with Crippen molar-refractivity contribution in [3.05, 3.63) is 0 Å². The summed E-state index contributed by atoms with van der Waals surface area (Å²) in [7, 11) is 0. The van der Waals surface area contributed by atoms with Crippen molar-refractivity contribution in [2.24, 2.45) is 5.92 Å². The van der Waals surface area contributed by atoms with Gasteiger partial charge in [-0.15, -0.1) is 0 Å². The second-order valence-corrected chi connectivity index (χ2v) is 6.12. The number of likely N-dealkylation sites (N-methyl/N-ethyl adjacent to an activating group) is 1. The van der Waals surface area contributed by atoms with Crippen molar-refractivity contribution >= 4 is 0 Å². The molecule has 3 nitrogen and oxygen atoms in total. The fourth-order valence-corrected chi connectivity index (χ4v) is 3.74. The Hall–Kier alpha value is -0.120. The minimum atomic E-state index is -0.124. The van der Waals surface area contributed by atoms with Gasteiger partial charge in [0.2, 0.25) is 0 Å². The Bertz CT molecular complexity index is 246. The highest BCUT2D eigenvalue weighted by Crippen LogP contribution is 2.36. The van der Waals surface area contributed by atoms with E-state index >= 15 is 0 Å². The molecule has 1 saturated carbocycles. The van der Waals surface area contributed by atoms with Crippen LogP contribution in [0.5, 0.6) is 0 Å². The Balaban J connectivity index is 1.93. The summed E-state index contributed by atoms with van der Waals surface area (Å²) < 4.78 is 0. The van der Waals surface area contributed by atoms with E-state index in [0.29, 0.717) is 0 Å². The number of nitrogens with zero attached hydrogens (tertiary/aromatic N) is 1. The molecule has 0 aromatic carbocycles. The van der Waals surface area contributed by atoms with Gasteiger partial charge in [-0.25, -0.2) is 0 Å². The highest BCUT2D eigenvalue weighted by atomic mass is 16.3. The summed E-state index contributed by atoms with van der Waals surface area (Å²) in [5.41, 5.74) is -0.124. The van der Waals surface area contributed by atoms with Crippen LogP contribution in [0.3, 0.4) is 0 Å². The second kappa shape index (κ2) is 5.68. The van der Waals surface area contributed by atoms with Gasteiger partial charge in [-0.2, -0.15) is 0 Å². The van der Waals surface area contributed by atoms with Crippen molar-refractivity contribution in [1.82, 2.24) is 10.2 Å². The van der Waals surface area contributed by atoms with E-state index in [1.165, 1.54) is 38.6 Å². The van der Waals surface area contributed by atoms with E-state index in [2.05, 4.69) is 24.1 Å². The molecule has 1 saturated heterocycles. The molecule has 0 aromatic rings. The molecule has 1 aliphatic carbocycles. The molecule has 0 aromatic heterocycles. The first-order valence-corrected chi connectivity index (χ1v) is 7.28. The predicted octanol–water partition coefficient (Wildman–Crippen LogP) is 1.61. The van der Waals surface area contributed by atoms with Crippen molar-refractivity contribution in [3.8, 4) is 0 Å². The highest BCUT2D eigenvalue weighted by Gasteiger charge is 2.38. The molecule has 3 atom stereocenters. The summed E-state index contributed by atoms with van der Waals surface area (Å²) in [6.07, 6.45) is 7.00. The maximum Gasteiger partial charge on any atom is 0.0623 e. The van der Waals surface area contributed by atoms with E-state index in [4.69, 9.17) is 0 Å². The molecule has 17 heavy (non-hydrogen) atoms. The molecule has 0 spiro atoms. The van der Waals surface area contributed by atoms with E-state index in [0.717, 1.165) is 25.0 Å². The molecule has 1 aliphatic heterocycles. The number of fused-ring (bicyclic) bond motifs is 1. The van der Waals surface area contributed by atoms with Gasteiger partial charge in [0, 0.05) is 12.6 Å². The van der Waals surface area contributed by atoms with Gasteiger partial charge in [0.25, 0.3) is 0 Å². The monoisotopic (exact) mass is 240 g/mol. The molecular weight excluding hydrogens is 212 g/mol. The summed E-state index contributed by atoms with van der Waals surface area (Å²) in [6, 6.07) is 0.799. The third-order valence-corrected chi connectivity index (χ3v) is 4.63. The van der Waals surface area contributed by atoms with E-state index in [-0.39, 0.29) is 12.1 Å². The second-order valence-electron chi connectivity index (χ2n) is 6.12. The quantitative estimate of drug-likeness (QED) is 0.766. The smallest absolute Gasteiger partial charge is 0.0623 e. The number of hydrogen-bond acceptors (Lipinski definition) is 3. The first-order chi connectivity index (χ1) is 8.18. The number of aliphatic hydroxyl groups excluding tert-OH is 1. The number of aliphatic hydroxyl groups is 1. The Morgan fingerprint density at radius 3 is 2.76 bits per heavy atom. The van der Waals surface area contributed by atoms with Crippen LogP contribution in [0.25, 0.3) is 0 Å². The van der Waals surface area contributed by atoms with Crippen LogP contribution in [-0.2, 0) is 0 Å². The molecule has 2 aliphatic rings. The molecule has 3 unspecified atom stereocenters. The lowest BCUT2D eigenvalue weighted by Gasteiger charge is -2.38. The van der Waals surface area contributed by atoms with Crippen LogP contribution < -0.4 is 5.32 Å². The largest absolute Gasteiger partial charge is 0.394 e. The third-order valence-electron chi connectivity index (χ3n) is 4.63. The summed E-state index contributed by atoms with van der Waals surface area (Å²) in [5.74, 6) is 0.938. The maximum absolute atomic E-state index is 9.58. The van der Waals surface area contributed by atoms with Crippen LogP contribution in [-0.4, -0.2) is 47.8 Å². The van der Waals surface area contributed by atoms with Crippen molar-refractivity contribution in [3.63, 3.8) is 0 Å². The number of hydrogen-bond donors (Lipinski definition) is 2. The molecule has 1 heterocycles. The predicted molar refractivity (Wildman–Crippen MR) is 71.1 cm³/mol. The molecule has 0 bridgehead atoms. The number of rotatable bonds is 5. The zero-order chi connectivity index (χ0) is 12.3. The minimum Gasteiger partial charge on any atom is -0.394 e. The van der Waals surface area contributed by atoms with Gasteiger partial charge in [-0.05, 0) is 45.2 Å². The molecule has 2 rings (SSSR count). The maximum atomic E-state index is 9.58. The van der Waals surface area contributed by atoms with Crippen LogP contribution in [0, 0.1) is 5.92 Å². The van der Waals surface area contributed by atoms with Crippen molar-refractivity contribution in [2.45, 2.75) is 57.5 Å². The average molecular weight is 240 g/mol. The molecule has 2 N–H and O–H groups in total. The van der Waals surface area contributed by atoms with Crippen molar-refractivity contribution in [2.75, 3.05) is 26.2 Å². The molecule has 100 valence electrons. The fraction of sp³-hybridized carbons (Fsp3) is 1.00. The van der Waals surface area contributed by atoms with E-state index in [1.54, 1.807) is 0 Å². The normalized spacial score (nSPS) is 33.4. The van der Waals surface area contributed by atoms with Crippen LogP contribution in [0.2, 0.25) is 0 Å². The summed E-state index contributed by atoms with van der Waals surface area (Å²) in [6.45, 7) is 7.65.